The summed E-state index contributed by atoms with van der Waals surface area (Å²) in [6, 6.07) is 15.8. The maximum Gasteiger partial charge on any atom is 0.225 e. The highest BCUT2D eigenvalue weighted by Gasteiger charge is 2.07. The van der Waals surface area contributed by atoms with Gasteiger partial charge in [-0.3, -0.25) is 14.9 Å². The largest absolute Gasteiger partial charge is 0.309 e. The van der Waals surface area contributed by atoms with Crippen molar-refractivity contribution in [1.29, 1.82) is 0 Å². The first kappa shape index (κ1) is 15.0. The molecule has 0 spiro atoms. The Morgan fingerprint density at radius 3 is 2.65 bits per heavy atom. The summed E-state index contributed by atoms with van der Waals surface area (Å²) < 4.78 is 0. The van der Waals surface area contributed by atoms with Gasteiger partial charge in [0.05, 0.1) is 5.69 Å². The smallest absolute Gasteiger partial charge is 0.225 e. The van der Waals surface area contributed by atoms with Crippen molar-refractivity contribution in [2.75, 3.05) is 5.32 Å². The number of rotatable bonds is 6. The van der Waals surface area contributed by atoms with Crippen LogP contribution in [0.15, 0.2) is 60.9 Å². The summed E-state index contributed by atoms with van der Waals surface area (Å²) in [5, 5.41) is 9.86. The van der Waals surface area contributed by atoms with E-state index in [4.69, 9.17) is 0 Å². The molecule has 0 aliphatic heterocycles. The lowest BCUT2D eigenvalue weighted by atomic mass is 10.1. The van der Waals surface area contributed by atoms with E-state index in [0.717, 1.165) is 24.1 Å². The standard InChI is InChI=1S/C18H18N4O/c23-18(8-4-7-14-5-2-1-3-6-14)20-17-13-16(21-22-17)15-9-11-19-12-10-15/h1-3,5-6,9-13H,4,7-8H2,(H2,20,21,22,23). The first-order chi connectivity index (χ1) is 11.3. The number of hydrogen-bond acceptors (Lipinski definition) is 3. The molecule has 2 aromatic heterocycles. The number of benzene rings is 1. The van der Waals surface area contributed by atoms with Crippen LogP contribution in [0.4, 0.5) is 5.82 Å². The van der Waals surface area contributed by atoms with E-state index in [9.17, 15) is 4.79 Å². The minimum atomic E-state index is -0.0197. The normalized spacial score (nSPS) is 10.4. The highest BCUT2D eigenvalue weighted by Crippen LogP contribution is 2.18. The van der Waals surface area contributed by atoms with E-state index in [-0.39, 0.29) is 5.91 Å². The molecule has 116 valence electrons. The molecule has 0 fully saturated rings. The maximum absolute atomic E-state index is 12.0. The number of anilines is 1. The maximum atomic E-state index is 12.0. The van der Waals surface area contributed by atoms with Crippen LogP contribution in [0.1, 0.15) is 18.4 Å². The third kappa shape index (κ3) is 4.26. The highest BCUT2D eigenvalue weighted by molar-refractivity contribution is 5.90. The van der Waals surface area contributed by atoms with E-state index in [1.54, 1.807) is 12.4 Å². The molecule has 0 saturated heterocycles. The molecule has 1 aromatic carbocycles. The molecule has 0 unspecified atom stereocenters. The predicted octanol–water partition coefficient (Wildman–Crippen LogP) is 3.43. The Balaban J connectivity index is 1.49. The van der Waals surface area contributed by atoms with Gasteiger partial charge in [-0.1, -0.05) is 30.3 Å². The van der Waals surface area contributed by atoms with Gasteiger partial charge in [0.2, 0.25) is 5.91 Å². The van der Waals surface area contributed by atoms with Crippen LogP contribution in [0.2, 0.25) is 0 Å². The summed E-state index contributed by atoms with van der Waals surface area (Å²) in [5.74, 6) is 0.523. The van der Waals surface area contributed by atoms with Crippen molar-refractivity contribution in [2.24, 2.45) is 0 Å². The molecule has 5 nitrogen and oxygen atoms in total. The van der Waals surface area contributed by atoms with Crippen LogP contribution < -0.4 is 5.32 Å². The van der Waals surface area contributed by atoms with Crippen molar-refractivity contribution >= 4 is 11.7 Å². The zero-order chi connectivity index (χ0) is 15.9. The second-order valence-electron chi connectivity index (χ2n) is 5.29. The molecule has 23 heavy (non-hydrogen) atoms. The zero-order valence-corrected chi connectivity index (χ0v) is 12.7. The summed E-state index contributed by atoms with van der Waals surface area (Å²) in [5.41, 5.74) is 3.09. The molecule has 2 heterocycles. The molecule has 0 atom stereocenters. The SMILES string of the molecule is O=C(CCCc1ccccc1)Nc1cc(-c2ccncc2)[nH]n1. The van der Waals surface area contributed by atoms with Gasteiger partial charge < -0.3 is 5.32 Å². The number of aromatic nitrogens is 3. The van der Waals surface area contributed by atoms with Crippen LogP contribution in [-0.2, 0) is 11.2 Å². The fraction of sp³-hybridized carbons (Fsp3) is 0.167. The van der Waals surface area contributed by atoms with Crippen molar-refractivity contribution in [1.82, 2.24) is 15.2 Å². The van der Waals surface area contributed by atoms with Gasteiger partial charge in [0.15, 0.2) is 5.82 Å². The zero-order valence-electron chi connectivity index (χ0n) is 12.7. The molecule has 0 saturated carbocycles. The number of aromatic amines is 1. The second kappa shape index (κ2) is 7.35. The van der Waals surface area contributed by atoms with E-state index in [1.165, 1.54) is 5.56 Å². The summed E-state index contributed by atoms with van der Waals surface area (Å²) >= 11 is 0. The second-order valence-corrected chi connectivity index (χ2v) is 5.29. The van der Waals surface area contributed by atoms with Gasteiger partial charge in [0.1, 0.15) is 0 Å². The average molecular weight is 306 g/mol. The van der Waals surface area contributed by atoms with Crippen LogP contribution in [0.25, 0.3) is 11.3 Å². The van der Waals surface area contributed by atoms with Crippen molar-refractivity contribution in [3.8, 4) is 11.3 Å². The Labute approximate surface area is 134 Å². The summed E-state index contributed by atoms with van der Waals surface area (Å²) in [6.07, 6.45) is 5.64. The molecule has 0 radical (unpaired) electrons. The number of carbonyl (C=O) groups is 1. The lowest BCUT2D eigenvalue weighted by molar-refractivity contribution is -0.116. The molecule has 5 heteroatoms. The first-order valence-electron chi connectivity index (χ1n) is 7.61. The number of amides is 1. The van der Waals surface area contributed by atoms with Crippen LogP contribution in [0.5, 0.6) is 0 Å². The Morgan fingerprint density at radius 2 is 1.87 bits per heavy atom. The van der Waals surface area contributed by atoms with Crippen LogP contribution >= 0.6 is 0 Å². The third-order valence-electron chi connectivity index (χ3n) is 3.55. The molecule has 3 aromatic rings. The van der Waals surface area contributed by atoms with E-state index in [0.29, 0.717) is 12.2 Å². The van der Waals surface area contributed by atoms with E-state index in [2.05, 4.69) is 32.6 Å². The van der Waals surface area contributed by atoms with E-state index >= 15 is 0 Å². The Morgan fingerprint density at radius 1 is 1.09 bits per heavy atom. The van der Waals surface area contributed by atoms with Crippen LogP contribution in [0.3, 0.4) is 0 Å². The summed E-state index contributed by atoms with van der Waals surface area (Å²) in [6.45, 7) is 0. The minimum Gasteiger partial charge on any atom is -0.309 e. The third-order valence-corrected chi connectivity index (χ3v) is 3.55. The lowest BCUT2D eigenvalue weighted by Crippen LogP contribution is -2.11. The molecule has 3 rings (SSSR count). The number of carbonyl (C=O) groups excluding carboxylic acids is 1. The molecule has 0 bridgehead atoms. The fourth-order valence-corrected chi connectivity index (χ4v) is 2.37. The monoisotopic (exact) mass is 306 g/mol. The van der Waals surface area contributed by atoms with Crippen molar-refractivity contribution in [3.05, 3.63) is 66.5 Å². The molecule has 2 N–H and O–H groups in total. The molecule has 1 amide bonds. The summed E-state index contributed by atoms with van der Waals surface area (Å²) in [7, 11) is 0. The topological polar surface area (TPSA) is 70.7 Å². The summed E-state index contributed by atoms with van der Waals surface area (Å²) in [4.78, 5) is 16.0. The quantitative estimate of drug-likeness (QED) is 0.733. The Hall–Kier alpha value is -2.95. The number of pyridine rings is 1. The van der Waals surface area contributed by atoms with Gasteiger partial charge >= 0.3 is 0 Å². The van der Waals surface area contributed by atoms with Gasteiger partial charge in [0, 0.05) is 30.4 Å². The number of nitrogens with one attached hydrogen (secondary N) is 2. The van der Waals surface area contributed by atoms with Gasteiger partial charge in [-0.25, -0.2) is 0 Å². The minimum absolute atomic E-state index is 0.0197. The van der Waals surface area contributed by atoms with Crippen LogP contribution in [-0.4, -0.2) is 21.1 Å². The Bertz CT molecular complexity index is 753. The van der Waals surface area contributed by atoms with Gasteiger partial charge in [-0.15, -0.1) is 0 Å². The number of aryl methyl sites for hydroxylation is 1. The van der Waals surface area contributed by atoms with E-state index < -0.39 is 0 Å². The fourth-order valence-electron chi connectivity index (χ4n) is 2.37. The highest BCUT2D eigenvalue weighted by atomic mass is 16.1. The number of nitrogens with zero attached hydrogens (tertiary/aromatic N) is 2. The van der Waals surface area contributed by atoms with E-state index in [1.807, 2.05) is 36.4 Å². The number of hydrogen-bond donors (Lipinski definition) is 2. The predicted molar refractivity (Wildman–Crippen MR) is 89.8 cm³/mol. The number of H-pyrrole nitrogens is 1. The van der Waals surface area contributed by atoms with Crippen molar-refractivity contribution < 1.29 is 4.79 Å². The Kier molecular flexibility index (Phi) is 4.79. The van der Waals surface area contributed by atoms with Gasteiger partial charge in [-0.2, -0.15) is 5.10 Å². The van der Waals surface area contributed by atoms with Crippen molar-refractivity contribution in [3.63, 3.8) is 0 Å². The molecule has 0 aliphatic carbocycles. The molecule has 0 aliphatic rings. The molecular weight excluding hydrogens is 288 g/mol. The van der Waals surface area contributed by atoms with Gasteiger partial charge in [-0.05, 0) is 30.5 Å². The van der Waals surface area contributed by atoms with Crippen LogP contribution in [0, 0.1) is 0 Å². The average Bonchev–Trinajstić information content (AvgIpc) is 3.05. The molecular formula is C18H18N4O. The lowest BCUT2D eigenvalue weighted by Gasteiger charge is -2.02. The first-order valence-corrected chi connectivity index (χ1v) is 7.61. The van der Waals surface area contributed by atoms with Crippen molar-refractivity contribution in [2.45, 2.75) is 19.3 Å². The van der Waals surface area contributed by atoms with Gasteiger partial charge in [0.25, 0.3) is 0 Å².